The Morgan fingerprint density at radius 3 is 2.35 bits per heavy atom. The number of amides is 2. The van der Waals surface area contributed by atoms with Crippen LogP contribution in [0.2, 0.25) is 0 Å². The third-order valence-corrected chi connectivity index (χ3v) is 4.88. The van der Waals surface area contributed by atoms with Crippen molar-refractivity contribution in [1.29, 1.82) is 0 Å². The van der Waals surface area contributed by atoms with Gasteiger partial charge < -0.3 is 25.6 Å². The second-order valence-corrected chi connectivity index (χ2v) is 7.32. The summed E-state index contributed by atoms with van der Waals surface area (Å²) in [5.41, 5.74) is 0.0678. The number of carboxylic acids is 1. The van der Waals surface area contributed by atoms with Gasteiger partial charge in [0.1, 0.15) is 17.1 Å². The fourth-order valence-corrected chi connectivity index (χ4v) is 3.14. The molecule has 31 heavy (non-hydrogen) atoms. The number of benzene rings is 3. The second kappa shape index (κ2) is 8.35. The first kappa shape index (κ1) is 20.2. The first-order valence-corrected chi connectivity index (χ1v) is 9.73. The van der Waals surface area contributed by atoms with Crippen molar-refractivity contribution < 1.29 is 29.3 Å². The standard InChI is InChI=1S/C23H20N2O6/c26-19-8-7-16(11-17(19)23(29)30)25-22(28)18-9-13-3-1-2-4-14(13)10-20(18)31-12-21(27)24-15-5-6-15/h1-4,7-11,15,26H,5-6,12H2,(H,24,27)(H,25,28)(H,29,30). The topological polar surface area (TPSA) is 125 Å². The Morgan fingerprint density at radius 1 is 0.968 bits per heavy atom. The zero-order valence-corrected chi connectivity index (χ0v) is 16.4. The molecule has 2 amide bonds. The highest BCUT2D eigenvalue weighted by molar-refractivity contribution is 6.09. The van der Waals surface area contributed by atoms with Crippen LogP contribution in [0.25, 0.3) is 10.8 Å². The lowest BCUT2D eigenvalue weighted by atomic mass is 10.0. The van der Waals surface area contributed by atoms with Gasteiger partial charge in [0.15, 0.2) is 6.61 Å². The average Bonchev–Trinajstić information content (AvgIpc) is 3.56. The third-order valence-electron chi connectivity index (χ3n) is 4.88. The zero-order chi connectivity index (χ0) is 22.0. The van der Waals surface area contributed by atoms with E-state index < -0.39 is 17.6 Å². The Morgan fingerprint density at radius 2 is 1.68 bits per heavy atom. The number of carboxylic acid groups (broad SMARTS) is 1. The summed E-state index contributed by atoms with van der Waals surface area (Å²) in [6.45, 7) is -0.225. The molecule has 0 atom stereocenters. The van der Waals surface area contributed by atoms with Gasteiger partial charge in [-0.3, -0.25) is 9.59 Å². The predicted molar refractivity (Wildman–Crippen MR) is 114 cm³/mol. The van der Waals surface area contributed by atoms with E-state index in [1.54, 1.807) is 12.1 Å². The van der Waals surface area contributed by atoms with Crippen LogP contribution in [0.1, 0.15) is 33.6 Å². The highest BCUT2D eigenvalue weighted by Crippen LogP contribution is 2.28. The minimum absolute atomic E-state index is 0.197. The number of anilines is 1. The lowest BCUT2D eigenvalue weighted by Gasteiger charge is -2.14. The van der Waals surface area contributed by atoms with Crippen LogP contribution < -0.4 is 15.4 Å². The number of nitrogens with one attached hydrogen (secondary N) is 2. The molecule has 8 nitrogen and oxygen atoms in total. The van der Waals surface area contributed by atoms with Crippen LogP contribution >= 0.6 is 0 Å². The van der Waals surface area contributed by atoms with Crippen LogP contribution in [0, 0.1) is 0 Å². The number of hydrogen-bond donors (Lipinski definition) is 4. The maximum Gasteiger partial charge on any atom is 0.339 e. The Labute approximate surface area is 177 Å². The van der Waals surface area contributed by atoms with Gasteiger partial charge in [-0.2, -0.15) is 0 Å². The van der Waals surface area contributed by atoms with Crippen molar-refractivity contribution in [2.24, 2.45) is 0 Å². The minimum atomic E-state index is -1.31. The Balaban J connectivity index is 1.61. The molecule has 8 heteroatoms. The fraction of sp³-hybridized carbons (Fsp3) is 0.174. The molecule has 0 unspecified atom stereocenters. The van der Waals surface area contributed by atoms with E-state index in [0.717, 1.165) is 23.6 Å². The number of carbonyl (C=O) groups excluding carboxylic acids is 2. The van der Waals surface area contributed by atoms with Gasteiger partial charge in [0, 0.05) is 11.7 Å². The van der Waals surface area contributed by atoms with Gasteiger partial charge in [0.05, 0.1) is 5.56 Å². The van der Waals surface area contributed by atoms with Crippen LogP contribution in [0.3, 0.4) is 0 Å². The molecule has 1 saturated carbocycles. The summed E-state index contributed by atoms with van der Waals surface area (Å²) in [4.78, 5) is 36.2. The average molecular weight is 420 g/mol. The Bertz CT molecular complexity index is 1190. The van der Waals surface area contributed by atoms with Gasteiger partial charge in [-0.15, -0.1) is 0 Å². The number of aromatic hydroxyl groups is 1. The van der Waals surface area contributed by atoms with Crippen molar-refractivity contribution in [2.75, 3.05) is 11.9 Å². The van der Waals surface area contributed by atoms with Crippen LogP contribution in [0.15, 0.2) is 54.6 Å². The second-order valence-electron chi connectivity index (χ2n) is 7.32. The van der Waals surface area contributed by atoms with Crippen molar-refractivity contribution in [3.05, 3.63) is 65.7 Å². The largest absolute Gasteiger partial charge is 0.507 e. The molecule has 1 aliphatic rings. The van der Waals surface area contributed by atoms with Gasteiger partial charge in [-0.05, 0) is 53.9 Å². The number of ether oxygens (including phenoxy) is 1. The van der Waals surface area contributed by atoms with Crippen LogP contribution in [0.5, 0.6) is 11.5 Å². The summed E-state index contributed by atoms with van der Waals surface area (Å²) in [7, 11) is 0. The van der Waals surface area contributed by atoms with Crippen molar-refractivity contribution in [3.63, 3.8) is 0 Å². The molecule has 1 fully saturated rings. The number of carbonyl (C=O) groups is 3. The van der Waals surface area contributed by atoms with Gasteiger partial charge >= 0.3 is 5.97 Å². The molecule has 0 aliphatic heterocycles. The number of hydrogen-bond acceptors (Lipinski definition) is 5. The van der Waals surface area contributed by atoms with E-state index in [1.807, 2.05) is 24.3 Å². The summed E-state index contributed by atoms with van der Waals surface area (Å²) < 4.78 is 5.67. The number of phenols is 1. The van der Waals surface area contributed by atoms with E-state index >= 15 is 0 Å². The Kier molecular flexibility index (Phi) is 5.44. The normalized spacial score (nSPS) is 12.9. The first-order valence-electron chi connectivity index (χ1n) is 9.73. The van der Waals surface area contributed by atoms with Crippen molar-refractivity contribution in [2.45, 2.75) is 18.9 Å². The number of rotatable bonds is 7. The van der Waals surface area contributed by atoms with E-state index in [2.05, 4.69) is 10.6 Å². The zero-order valence-electron chi connectivity index (χ0n) is 16.4. The summed E-state index contributed by atoms with van der Waals surface area (Å²) in [5, 5.41) is 25.9. The molecule has 0 saturated heterocycles. The van der Waals surface area contributed by atoms with E-state index in [-0.39, 0.29) is 41.1 Å². The third kappa shape index (κ3) is 4.75. The minimum Gasteiger partial charge on any atom is -0.507 e. The molecule has 0 aromatic heterocycles. The lowest BCUT2D eigenvalue weighted by molar-refractivity contribution is -0.123. The van der Waals surface area contributed by atoms with Crippen molar-refractivity contribution in [1.82, 2.24) is 5.32 Å². The first-order chi connectivity index (χ1) is 14.9. The van der Waals surface area contributed by atoms with Gasteiger partial charge in [-0.1, -0.05) is 24.3 Å². The SMILES string of the molecule is O=C(COc1cc2ccccc2cc1C(=O)Nc1ccc(O)c(C(=O)O)c1)NC1CC1. The van der Waals surface area contributed by atoms with Gasteiger partial charge in [0.2, 0.25) is 0 Å². The van der Waals surface area contributed by atoms with E-state index in [0.29, 0.717) is 0 Å². The lowest BCUT2D eigenvalue weighted by Crippen LogP contribution is -2.30. The van der Waals surface area contributed by atoms with E-state index in [1.165, 1.54) is 18.2 Å². The van der Waals surface area contributed by atoms with Crippen LogP contribution in [-0.2, 0) is 4.79 Å². The summed E-state index contributed by atoms with van der Waals surface area (Å²) in [6, 6.07) is 14.7. The maximum atomic E-state index is 13.0. The molecule has 158 valence electrons. The fourth-order valence-electron chi connectivity index (χ4n) is 3.14. The summed E-state index contributed by atoms with van der Waals surface area (Å²) >= 11 is 0. The summed E-state index contributed by atoms with van der Waals surface area (Å²) in [6.07, 6.45) is 1.92. The quantitative estimate of drug-likeness (QED) is 0.435. The molecule has 0 heterocycles. The molecular formula is C23H20N2O6. The molecule has 3 aromatic rings. The van der Waals surface area contributed by atoms with E-state index in [4.69, 9.17) is 9.84 Å². The number of fused-ring (bicyclic) bond motifs is 1. The van der Waals surface area contributed by atoms with Gasteiger partial charge in [-0.25, -0.2) is 4.79 Å². The predicted octanol–water partition coefficient (Wildman–Crippen LogP) is 3.15. The molecular weight excluding hydrogens is 400 g/mol. The van der Waals surface area contributed by atoms with Crippen molar-refractivity contribution in [3.8, 4) is 11.5 Å². The maximum absolute atomic E-state index is 13.0. The molecule has 1 aliphatic carbocycles. The van der Waals surface area contributed by atoms with Crippen LogP contribution in [-0.4, -0.2) is 40.6 Å². The molecule has 0 spiro atoms. The molecule has 4 N–H and O–H groups in total. The van der Waals surface area contributed by atoms with Crippen LogP contribution in [0.4, 0.5) is 5.69 Å². The molecule has 4 rings (SSSR count). The highest BCUT2D eigenvalue weighted by Gasteiger charge is 2.24. The molecule has 0 radical (unpaired) electrons. The highest BCUT2D eigenvalue weighted by atomic mass is 16.5. The molecule has 3 aromatic carbocycles. The smallest absolute Gasteiger partial charge is 0.339 e. The van der Waals surface area contributed by atoms with Gasteiger partial charge in [0.25, 0.3) is 11.8 Å². The summed E-state index contributed by atoms with van der Waals surface area (Å²) in [5.74, 6) is -2.27. The monoisotopic (exact) mass is 420 g/mol. The number of aromatic carboxylic acids is 1. The van der Waals surface area contributed by atoms with E-state index in [9.17, 15) is 19.5 Å². The van der Waals surface area contributed by atoms with Crippen molar-refractivity contribution >= 4 is 34.2 Å². The Hall–Kier alpha value is -4.07. The molecule has 0 bridgehead atoms.